The first-order valence-corrected chi connectivity index (χ1v) is 10.3. The van der Waals surface area contributed by atoms with Crippen molar-refractivity contribution < 1.29 is 13.9 Å². The Kier molecular flexibility index (Phi) is 6.57. The third kappa shape index (κ3) is 4.91. The Labute approximate surface area is 167 Å². The largest absolute Gasteiger partial charge is 0.438 e. The van der Waals surface area contributed by atoms with E-state index in [4.69, 9.17) is 22.2 Å². The van der Waals surface area contributed by atoms with Gasteiger partial charge >= 0.3 is 0 Å². The Morgan fingerprint density at radius 2 is 2.07 bits per heavy atom. The third-order valence-electron chi connectivity index (χ3n) is 4.56. The van der Waals surface area contributed by atoms with E-state index in [1.807, 2.05) is 24.5 Å². The summed E-state index contributed by atoms with van der Waals surface area (Å²) in [4.78, 5) is 17.8. The molecule has 8 heteroatoms. The summed E-state index contributed by atoms with van der Waals surface area (Å²) in [5.74, 6) is -0.614. The lowest BCUT2D eigenvalue weighted by Gasteiger charge is -2.31. The number of nitrogens with zero attached hydrogens (tertiary/aromatic N) is 2. The maximum absolute atomic E-state index is 13.8. The van der Waals surface area contributed by atoms with E-state index >= 15 is 0 Å². The van der Waals surface area contributed by atoms with Gasteiger partial charge in [-0.3, -0.25) is 4.79 Å². The summed E-state index contributed by atoms with van der Waals surface area (Å²) in [6.07, 6.45) is 5.99. The summed E-state index contributed by atoms with van der Waals surface area (Å²) >= 11 is 7.86. The van der Waals surface area contributed by atoms with E-state index in [0.717, 1.165) is 34.4 Å². The fraction of sp³-hybridized carbons (Fsp3) is 0.368. The van der Waals surface area contributed by atoms with E-state index in [9.17, 15) is 9.18 Å². The molecule has 27 heavy (non-hydrogen) atoms. The maximum atomic E-state index is 13.8. The second kappa shape index (κ2) is 8.91. The molecule has 144 valence electrons. The Bertz CT molecular complexity index is 815. The minimum absolute atomic E-state index is 0.00516. The number of ether oxygens (including phenoxy) is 1. The van der Waals surface area contributed by atoms with Crippen LogP contribution in [0.5, 0.6) is 11.6 Å². The van der Waals surface area contributed by atoms with E-state index in [1.54, 1.807) is 17.8 Å². The van der Waals surface area contributed by atoms with Crippen LogP contribution in [0.1, 0.15) is 36.0 Å². The number of pyridine rings is 1. The van der Waals surface area contributed by atoms with Gasteiger partial charge in [0.25, 0.3) is 5.91 Å². The highest BCUT2D eigenvalue weighted by molar-refractivity contribution is 7.98. The van der Waals surface area contributed by atoms with Crippen LogP contribution in [0.4, 0.5) is 4.39 Å². The van der Waals surface area contributed by atoms with Crippen LogP contribution in [-0.2, 0) is 0 Å². The summed E-state index contributed by atoms with van der Waals surface area (Å²) in [6, 6.07) is 8.45. The normalized spacial score (nSPS) is 19.6. The van der Waals surface area contributed by atoms with Gasteiger partial charge in [0.2, 0.25) is 5.88 Å². The van der Waals surface area contributed by atoms with Gasteiger partial charge in [0.15, 0.2) is 0 Å². The molecule has 1 aliphatic carbocycles. The minimum atomic E-state index is -0.626. The molecule has 1 saturated carbocycles. The molecule has 5 nitrogen and oxygen atoms in total. The van der Waals surface area contributed by atoms with E-state index in [2.05, 4.69) is 4.98 Å². The number of carbonyl (C=O) groups is 1. The van der Waals surface area contributed by atoms with Crippen LogP contribution in [0, 0.1) is 5.82 Å². The zero-order chi connectivity index (χ0) is 19.4. The first kappa shape index (κ1) is 19.9. The minimum Gasteiger partial charge on any atom is -0.438 e. The maximum Gasteiger partial charge on any atom is 0.274 e. The molecule has 2 aromatic rings. The van der Waals surface area contributed by atoms with Crippen LogP contribution in [-0.4, -0.2) is 33.6 Å². The number of aromatic nitrogens is 1. The van der Waals surface area contributed by atoms with Gasteiger partial charge in [0.1, 0.15) is 17.1 Å². The van der Waals surface area contributed by atoms with Gasteiger partial charge in [-0.05, 0) is 56.2 Å². The molecule has 2 N–H and O–H groups in total. The van der Waals surface area contributed by atoms with Gasteiger partial charge < -0.3 is 10.5 Å². The molecule has 0 aliphatic heterocycles. The van der Waals surface area contributed by atoms with Gasteiger partial charge in [0.05, 0.1) is 6.20 Å². The number of thioether (sulfide) groups is 1. The molecule has 1 aromatic carbocycles. The quantitative estimate of drug-likeness (QED) is 0.577. The molecule has 0 bridgehead atoms. The SMILES string of the molecule is CSc1cccc(Oc2ncc(F)cc2C(=O)N(Cl)C2CCC(N)CC2)c1. The predicted molar refractivity (Wildman–Crippen MR) is 105 cm³/mol. The summed E-state index contributed by atoms with van der Waals surface area (Å²) in [5, 5.41) is 0. The van der Waals surface area contributed by atoms with Crippen LogP contribution >= 0.6 is 23.5 Å². The number of amides is 1. The molecule has 1 amide bonds. The van der Waals surface area contributed by atoms with Crippen molar-refractivity contribution in [2.24, 2.45) is 5.73 Å². The van der Waals surface area contributed by atoms with Crippen molar-refractivity contribution in [3.63, 3.8) is 0 Å². The van der Waals surface area contributed by atoms with Crippen molar-refractivity contribution in [3.8, 4) is 11.6 Å². The van der Waals surface area contributed by atoms with Crippen LogP contribution in [0.3, 0.4) is 0 Å². The first-order valence-electron chi connectivity index (χ1n) is 8.70. The molecule has 0 spiro atoms. The second-order valence-electron chi connectivity index (χ2n) is 6.47. The highest BCUT2D eigenvalue weighted by atomic mass is 35.5. The predicted octanol–water partition coefficient (Wildman–Crippen LogP) is 4.60. The second-order valence-corrected chi connectivity index (χ2v) is 7.72. The lowest BCUT2D eigenvalue weighted by molar-refractivity contribution is 0.0793. The number of rotatable bonds is 5. The van der Waals surface area contributed by atoms with Crippen LogP contribution in [0.2, 0.25) is 0 Å². The van der Waals surface area contributed by atoms with Crippen molar-refractivity contribution in [2.75, 3.05) is 6.26 Å². The standard InChI is InChI=1S/C19H21ClFN3O2S/c1-27-16-4-2-3-15(10-16)26-18-17(9-12(21)11-23-18)19(25)24(20)14-7-5-13(22)6-8-14/h2-4,9-11,13-14H,5-8,22H2,1H3. The molecule has 1 aromatic heterocycles. The van der Waals surface area contributed by atoms with E-state index in [1.165, 1.54) is 0 Å². The Morgan fingerprint density at radius 3 is 2.78 bits per heavy atom. The lowest BCUT2D eigenvalue weighted by Crippen LogP contribution is -2.39. The van der Waals surface area contributed by atoms with E-state index in [-0.39, 0.29) is 23.5 Å². The van der Waals surface area contributed by atoms with E-state index in [0.29, 0.717) is 18.6 Å². The smallest absolute Gasteiger partial charge is 0.274 e. The Balaban J connectivity index is 1.83. The number of hydrogen-bond donors (Lipinski definition) is 1. The number of carbonyl (C=O) groups excluding carboxylic acids is 1. The summed E-state index contributed by atoms with van der Waals surface area (Å²) in [5.41, 5.74) is 5.90. The Hall–Kier alpha value is -1.83. The van der Waals surface area contributed by atoms with Crippen molar-refractivity contribution in [2.45, 2.75) is 42.7 Å². The number of benzene rings is 1. The van der Waals surface area contributed by atoms with Gasteiger partial charge in [-0.25, -0.2) is 13.8 Å². The number of halogens is 2. The molecular formula is C19H21ClFN3O2S. The van der Waals surface area contributed by atoms with Gasteiger partial charge in [-0.2, -0.15) is 0 Å². The van der Waals surface area contributed by atoms with Crippen molar-refractivity contribution >= 4 is 29.4 Å². The first-order chi connectivity index (χ1) is 13.0. The van der Waals surface area contributed by atoms with Crippen molar-refractivity contribution in [3.05, 3.63) is 47.9 Å². The fourth-order valence-electron chi connectivity index (χ4n) is 3.05. The average molecular weight is 410 g/mol. The van der Waals surface area contributed by atoms with Crippen molar-refractivity contribution in [1.82, 2.24) is 9.40 Å². The van der Waals surface area contributed by atoms with Gasteiger partial charge in [0, 0.05) is 28.8 Å². The van der Waals surface area contributed by atoms with Crippen LogP contribution in [0.25, 0.3) is 0 Å². The molecule has 0 saturated heterocycles. The molecule has 0 radical (unpaired) electrons. The molecule has 1 heterocycles. The molecule has 1 aliphatic rings. The topological polar surface area (TPSA) is 68.5 Å². The van der Waals surface area contributed by atoms with Gasteiger partial charge in [-0.1, -0.05) is 6.07 Å². The highest BCUT2D eigenvalue weighted by Crippen LogP contribution is 2.30. The average Bonchev–Trinajstić information content (AvgIpc) is 2.69. The number of nitrogens with two attached hydrogens (primary N) is 1. The fourth-order valence-corrected chi connectivity index (χ4v) is 3.78. The zero-order valence-corrected chi connectivity index (χ0v) is 16.5. The van der Waals surface area contributed by atoms with Crippen molar-refractivity contribution in [1.29, 1.82) is 0 Å². The highest BCUT2D eigenvalue weighted by Gasteiger charge is 2.30. The van der Waals surface area contributed by atoms with Crippen LogP contribution < -0.4 is 10.5 Å². The molecule has 0 atom stereocenters. The molecule has 0 unspecified atom stereocenters. The molecular weight excluding hydrogens is 389 g/mol. The van der Waals surface area contributed by atoms with Crippen LogP contribution in [0.15, 0.2) is 41.4 Å². The zero-order valence-electron chi connectivity index (χ0n) is 14.9. The Morgan fingerprint density at radius 1 is 1.33 bits per heavy atom. The number of hydrogen-bond acceptors (Lipinski definition) is 5. The van der Waals surface area contributed by atoms with E-state index < -0.39 is 11.7 Å². The molecule has 3 rings (SSSR count). The summed E-state index contributed by atoms with van der Waals surface area (Å²) < 4.78 is 20.7. The summed E-state index contributed by atoms with van der Waals surface area (Å²) in [7, 11) is 0. The van der Waals surface area contributed by atoms with Gasteiger partial charge in [-0.15, -0.1) is 11.8 Å². The molecule has 1 fully saturated rings. The summed E-state index contributed by atoms with van der Waals surface area (Å²) in [6.45, 7) is 0. The monoisotopic (exact) mass is 409 g/mol. The third-order valence-corrected chi connectivity index (χ3v) is 5.71. The lowest BCUT2D eigenvalue weighted by atomic mass is 9.91.